The van der Waals surface area contributed by atoms with E-state index >= 15 is 0 Å². The van der Waals surface area contributed by atoms with Gasteiger partial charge in [0, 0.05) is 38.6 Å². The van der Waals surface area contributed by atoms with Gasteiger partial charge in [-0.05, 0) is 38.7 Å². The smallest absolute Gasteiger partial charge is 0.303 e. The molecule has 1 aromatic rings. The molecule has 2 aliphatic heterocycles. The third-order valence-corrected chi connectivity index (χ3v) is 5.50. The van der Waals surface area contributed by atoms with Crippen molar-refractivity contribution in [3.63, 3.8) is 0 Å². The Kier molecular flexibility index (Phi) is 5.98. The lowest BCUT2D eigenvalue weighted by Gasteiger charge is -2.45. The van der Waals surface area contributed by atoms with Crippen molar-refractivity contribution in [2.24, 2.45) is 5.92 Å². The molecule has 0 saturated carbocycles. The lowest BCUT2D eigenvalue weighted by molar-refractivity contribution is -0.137. The van der Waals surface area contributed by atoms with Gasteiger partial charge < -0.3 is 19.2 Å². The molecule has 7 heteroatoms. The molecule has 0 aromatic carbocycles. The molecule has 2 fully saturated rings. The molecule has 0 bridgehead atoms. The van der Waals surface area contributed by atoms with Crippen LogP contribution in [-0.4, -0.2) is 72.2 Å². The van der Waals surface area contributed by atoms with Gasteiger partial charge in [-0.3, -0.25) is 14.5 Å². The van der Waals surface area contributed by atoms with Crippen LogP contribution < -0.4 is 0 Å². The maximum Gasteiger partial charge on any atom is 0.303 e. The average Bonchev–Trinajstić information content (AvgIpc) is 2.98. The van der Waals surface area contributed by atoms with Gasteiger partial charge in [-0.25, -0.2) is 0 Å². The number of nitrogens with zero attached hydrogens (tertiary/aromatic N) is 2. The minimum absolute atomic E-state index is 0.0138. The number of furan rings is 1. The van der Waals surface area contributed by atoms with E-state index in [4.69, 9.17) is 14.3 Å². The van der Waals surface area contributed by atoms with Gasteiger partial charge in [-0.1, -0.05) is 0 Å². The van der Waals surface area contributed by atoms with Crippen molar-refractivity contribution in [2.75, 3.05) is 39.4 Å². The SMILES string of the molecule is Cc1cc(C(=O)N2CC[C@H](N3CCOCC3)[C@H](CCC(=O)O)C2)c(C)o1. The topological polar surface area (TPSA) is 83.2 Å². The zero-order chi connectivity index (χ0) is 18.7. The molecule has 7 nitrogen and oxygen atoms in total. The fourth-order valence-electron chi connectivity index (χ4n) is 4.20. The van der Waals surface area contributed by atoms with Gasteiger partial charge in [0.05, 0.1) is 18.8 Å². The Balaban J connectivity index is 1.71. The molecule has 1 amide bonds. The molecule has 0 spiro atoms. The van der Waals surface area contributed by atoms with E-state index in [1.165, 1.54) is 0 Å². The van der Waals surface area contributed by atoms with Crippen molar-refractivity contribution < 1.29 is 23.8 Å². The summed E-state index contributed by atoms with van der Waals surface area (Å²) in [6.45, 7) is 8.12. The fourth-order valence-corrected chi connectivity index (χ4v) is 4.20. The molecule has 2 saturated heterocycles. The molecular formula is C19H28N2O5. The number of hydrogen-bond donors (Lipinski definition) is 1. The van der Waals surface area contributed by atoms with Crippen LogP contribution in [0.15, 0.2) is 10.5 Å². The van der Waals surface area contributed by atoms with Crippen molar-refractivity contribution >= 4 is 11.9 Å². The van der Waals surface area contributed by atoms with E-state index in [1.807, 2.05) is 18.7 Å². The second-order valence-corrected chi connectivity index (χ2v) is 7.27. The van der Waals surface area contributed by atoms with Gasteiger partial charge in [0.1, 0.15) is 11.5 Å². The normalized spacial score (nSPS) is 24.6. The first-order valence-electron chi connectivity index (χ1n) is 9.35. The highest BCUT2D eigenvalue weighted by Crippen LogP contribution is 2.28. The highest BCUT2D eigenvalue weighted by atomic mass is 16.5. The van der Waals surface area contributed by atoms with Gasteiger partial charge in [0.15, 0.2) is 0 Å². The molecular weight excluding hydrogens is 336 g/mol. The summed E-state index contributed by atoms with van der Waals surface area (Å²) >= 11 is 0. The van der Waals surface area contributed by atoms with E-state index < -0.39 is 5.97 Å². The average molecular weight is 364 g/mol. The van der Waals surface area contributed by atoms with Gasteiger partial charge >= 0.3 is 5.97 Å². The first kappa shape index (κ1) is 18.9. The minimum atomic E-state index is -0.782. The zero-order valence-corrected chi connectivity index (χ0v) is 15.6. The molecule has 0 unspecified atom stereocenters. The number of carbonyl (C=O) groups is 2. The van der Waals surface area contributed by atoms with E-state index in [2.05, 4.69) is 4.90 Å². The highest BCUT2D eigenvalue weighted by Gasteiger charge is 2.36. The van der Waals surface area contributed by atoms with Crippen LogP contribution in [0.25, 0.3) is 0 Å². The largest absolute Gasteiger partial charge is 0.481 e. The molecule has 26 heavy (non-hydrogen) atoms. The van der Waals surface area contributed by atoms with Crippen LogP contribution in [0.5, 0.6) is 0 Å². The highest BCUT2D eigenvalue weighted by molar-refractivity contribution is 5.95. The van der Waals surface area contributed by atoms with Crippen LogP contribution in [0.1, 0.15) is 41.1 Å². The maximum absolute atomic E-state index is 12.9. The number of ether oxygens (including phenoxy) is 1. The van der Waals surface area contributed by atoms with Crippen LogP contribution >= 0.6 is 0 Å². The molecule has 0 radical (unpaired) electrons. The summed E-state index contributed by atoms with van der Waals surface area (Å²) in [5.74, 6) is 0.743. The van der Waals surface area contributed by atoms with Crippen molar-refractivity contribution in [3.8, 4) is 0 Å². The number of piperidine rings is 1. The van der Waals surface area contributed by atoms with E-state index in [-0.39, 0.29) is 18.2 Å². The molecule has 144 valence electrons. The van der Waals surface area contributed by atoms with Crippen LogP contribution in [0.2, 0.25) is 0 Å². The number of carboxylic acid groups (broad SMARTS) is 1. The predicted molar refractivity (Wildman–Crippen MR) is 95.2 cm³/mol. The Bertz CT molecular complexity index is 650. The number of carboxylic acids is 1. The number of amides is 1. The first-order chi connectivity index (χ1) is 12.5. The minimum Gasteiger partial charge on any atom is -0.481 e. The Labute approximate surface area is 153 Å². The lowest BCUT2D eigenvalue weighted by Crippen LogP contribution is -2.55. The van der Waals surface area contributed by atoms with Crippen molar-refractivity contribution in [3.05, 3.63) is 23.2 Å². The van der Waals surface area contributed by atoms with Crippen LogP contribution in [0, 0.1) is 19.8 Å². The summed E-state index contributed by atoms with van der Waals surface area (Å²) in [4.78, 5) is 28.3. The molecule has 2 aliphatic rings. The summed E-state index contributed by atoms with van der Waals surface area (Å²) in [6, 6.07) is 2.10. The monoisotopic (exact) mass is 364 g/mol. The van der Waals surface area contributed by atoms with Gasteiger partial charge in [0.2, 0.25) is 0 Å². The molecule has 3 rings (SSSR count). The molecule has 1 N–H and O–H groups in total. The summed E-state index contributed by atoms with van der Waals surface area (Å²) in [5, 5.41) is 9.11. The molecule has 0 aliphatic carbocycles. The van der Waals surface area contributed by atoms with Gasteiger partial charge in [-0.2, -0.15) is 0 Å². The lowest BCUT2D eigenvalue weighted by atomic mass is 9.86. The Hall–Kier alpha value is -1.86. The number of aryl methyl sites for hydroxylation is 2. The summed E-state index contributed by atoms with van der Waals surface area (Å²) in [6.07, 6.45) is 1.59. The summed E-state index contributed by atoms with van der Waals surface area (Å²) in [5.41, 5.74) is 0.615. The third kappa shape index (κ3) is 4.27. The standard InChI is InChI=1S/C19H28N2O5/c1-13-11-16(14(2)26-13)19(24)21-6-5-17(20-7-9-25-10-8-20)15(12-21)3-4-18(22)23/h11,15,17H,3-10,12H2,1-2H3,(H,22,23)/t15-,17+/m1/s1. The van der Waals surface area contributed by atoms with E-state index in [1.54, 1.807) is 6.07 Å². The quantitative estimate of drug-likeness (QED) is 0.859. The third-order valence-electron chi connectivity index (χ3n) is 5.50. The second kappa shape index (κ2) is 8.22. The molecule has 2 atom stereocenters. The van der Waals surface area contributed by atoms with Crippen LogP contribution in [0.3, 0.4) is 0 Å². The maximum atomic E-state index is 12.9. The van der Waals surface area contributed by atoms with Gasteiger partial charge in [0.25, 0.3) is 5.91 Å². The first-order valence-corrected chi connectivity index (χ1v) is 9.35. The number of rotatable bonds is 5. The second-order valence-electron chi connectivity index (χ2n) is 7.27. The number of carbonyl (C=O) groups excluding carboxylic acids is 1. The Morgan fingerprint density at radius 3 is 2.58 bits per heavy atom. The number of hydrogen-bond acceptors (Lipinski definition) is 5. The summed E-state index contributed by atoms with van der Waals surface area (Å²) < 4.78 is 10.9. The number of morpholine rings is 1. The zero-order valence-electron chi connectivity index (χ0n) is 15.6. The van der Waals surface area contributed by atoms with Crippen molar-refractivity contribution in [1.82, 2.24) is 9.80 Å². The number of likely N-dealkylation sites (tertiary alicyclic amines) is 1. The molecule has 3 heterocycles. The fraction of sp³-hybridized carbons (Fsp3) is 0.684. The molecule has 1 aromatic heterocycles. The van der Waals surface area contributed by atoms with Crippen LogP contribution in [-0.2, 0) is 9.53 Å². The van der Waals surface area contributed by atoms with Gasteiger partial charge in [-0.15, -0.1) is 0 Å². The Morgan fingerprint density at radius 1 is 1.23 bits per heavy atom. The summed E-state index contributed by atoms with van der Waals surface area (Å²) in [7, 11) is 0. The predicted octanol–water partition coefficient (Wildman–Crippen LogP) is 1.92. The Morgan fingerprint density at radius 2 is 1.96 bits per heavy atom. The van der Waals surface area contributed by atoms with E-state index in [0.717, 1.165) is 38.5 Å². The van der Waals surface area contributed by atoms with Crippen molar-refractivity contribution in [2.45, 2.75) is 39.2 Å². The van der Waals surface area contributed by atoms with Crippen LogP contribution in [0.4, 0.5) is 0 Å². The van der Waals surface area contributed by atoms with E-state index in [0.29, 0.717) is 36.9 Å². The van der Waals surface area contributed by atoms with E-state index in [9.17, 15) is 9.59 Å². The van der Waals surface area contributed by atoms with Crippen molar-refractivity contribution in [1.29, 1.82) is 0 Å². The number of aliphatic carboxylic acids is 1.